The molecule has 3 aromatic carbocycles. The van der Waals surface area contributed by atoms with Crippen molar-refractivity contribution in [3.05, 3.63) is 110 Å². The molecule has 6 rings (SSSR count). The van der Waals surface area contributed by atoms with Gasteiger partial charge in [0.25, 0.3) is 0 Å². The molecule has 9 heteroatoms. The van der Waals surface area contributed by atoms with Crippen LogP contribution in [0.15, 0.2) is 91.5 Å². The van der Waals surface area contributed by atoms with E-state index in [-0.39, 0.29) is 6.04 Å². The monoisotopic (exact) mass is 636 g/mol. The predicted octanol–water partition coefficient (Wildman–Crippen LogP) is 7.58. The van der Waals surface area contributed by atoms with Gasteiger partial charge in [0.1, 0.15) is 17.2 Å². The second-order valence-corrected chi connectivity index (χ2v) is 10.8. The number of rotatable bonds is 5. The SMILES string of the molecule is COc1cc([C@H]2Oc3ccc(Br)cc3[C@@H]3CC(c4ccco4)=NN23)cc(Br)c1OC(=O)c1ccc(C)cc1. The van der Waals surface area contributed by atoms with Crippen LogP contribution >= 0.6 is 31.9 Å². The lowest BCUT2D eigenvalue weighted by molar-refractivity contribution is -0.0192. The van der Waals surface area contributed by atoms with E-state index in [0.717, 1.165) is 38.4 Å². The molecule has 38 heavy (non-hydrogen) atoms. The quantitative estimate of drug-likeness (QED) is 0.166. The summed E-state index contributed by atoms with van der Waals surface area (Å²) >= 11 is 7.17. The standard InChI is InChI=1S/C29H22Br2N2O5/c1-16-5-7-17(8-6-16)29(34)38-27-21(31)12-18(13-26(27)35-2)28-33-23(15-22(32-33)25-4-3-11-36-25)20-14-19(30)9-10-24(20)37-28/h3-14,23,28H,15H2,1-2H3/t23-,28+/m0/s1. The van der Waals surface area contributed by atoms with Crippen LogP contribution in [0, 0.1) is 6.92 Å². The molecule has 0 aliphatic carbocycles. The molecule has 0 spiro atoms. The molecule has 0 N–H and O–H groups in total. The van der Waals surface area contributed by atoms with Gasteiger partial charge in [-0.2, -0.15) is 5.10 Å². The van der Waals surface area contributed by atoms with Crippen LogP contribution in [-0.4, -0.2) is 23.8 Å². The molecule has 2 aliphatic heterocycles. The average molecular weight is 638 g/mol. The number of methoxy groups -OCH3 is 1. The van der Waals surface area contributed by atoms with E-state index in [1.54, 1.807) is 18.4 Å². The summed E-state index contributed by atoms with van der Waals surface area (Å²) < 4.78 is 25.1. The summed E-state index contributed by atoms with van der Waals surface area (Å²) in [7, 11) is 1.54. The van der Waals surface area contributed by atoms with Crippen molar-refractivity contribution in [1.29, 1.82) is 0 Å². The highest BCUT2D eigenvalue weighted by molar-refractivity contribution is 9.10. The van der Waals surface area contributed by atoms with Gasteiger partial charge < -0.3 is 18.6 Å². The Morgan fingerprint density at radius 3 is 2.63 bits per heavy atom. The minimum absolute atomic E-state index is 0.0508. The lowest BCUT2D eigenvalue weighted by atomic mass is 9.97. The Balaban J connectivity index is 1.37. The molecule has 4 aromatic rings. The number of esters is 1. The van der Waals surface area contributed by atoms with E-state index >= 15 is 0 Å². The highest BCUT2D eigenvalue weighted by atomic mass is 79.9. The molecule has 0 radical (unpaired) electrons. The maximum Gasteiger partial charge on any atom is 0.343 e. The third-order valence-electron chi connectivity index (χ3n) is 6.58. The van der Waals surface area contributed by atoms with E-state index in [0.29, 0.717) is 28.0 Å². The highest BCUT2D eigenvalue weighted by Gasteiger charge is 2.42. The van der Waals surface area contributed by atoms with Crippen LogP contribution in [0.5, 0.6) is 17.2 Å². The van der Waals surface area contributed by atoms with E-state index in [9.17, 15) is 4.79 Å². The van der Waals surface area contributed by atoms with Gasteiger partial charge in [-0.1, -0.05) is 33.6 Å². The number of fused-ring (bicyclic) bond motifs is 3. The summed E-state index contributed by atoms with van der Waals surface area (Å²) in [6.45, 7) is 1.96. The van der Waals surface area contributed by atoms with Gasteiger partial charge in [-0.15, -0.1) is 0 Å². The number of benzene rings is 3. The van der Waals surface area contributed by atoms with Gasteiger partial charge in [-0.05, 0) is 77.5 Å². The number of hydrogen-bond donors (Lipinski definition) is 0. The zero-order valence-corrected chi connectivity index (χ0v) is 23.7. The Labute approximate surface area is 236 Å². The Morgan fingerprint density at radius 1 is 1.08 bits per heavy atom. The molecule has 3 heterocycles. The molecule has 2 aliphatic rings. The van der Waals surface area contributed by atoms with Crippen LogP contribution in [0.25, 0.3) is 0 Å². The first-order valence-electron chi connectivity index (χ1n) is 11.9. The van der Waals surface area contributed by atoms with Gasteiger partial charge in [-0.3, -0.25) is 0 Å². The lowest BCUT2D eigenvalue weighted by Gasteiger charge is -2.38. The molecular weight excluding hydrogens is 616 g/mol. The van der Waals surface area contributed by atoms with Gasteiger partial charge in [0.15, 0.2) is 11.5 Å². The molecule has 7 nitrogen and oxygen atoms in total. The van der Waals surface area contributed by atoms with Crippen LogP contribution in [-0.2, 0) is 0 Å². The number of aryl methyl sites for hydroxylation is 1. The minimum Gasteiger partial charge on any atom is -0.493 e. The average Bonchev–Trinajstić information content (AvgIpc) is 3.60. The van der Waals surface area contributed by atoms with Crippen LogP contribution in [0.3, 0.4) is 0 Å². The van der Waals surface area contributed by atoms with Crippen molar-refractivity contribution >= 4 is 43.5 Å². The van der Waals surface area contributed by atoms with Crippen molar-refractivity contribution in [3.8, 4) is 17.2 Å². The Bertz CT molecular complexity index is 1550. The molecule has 0 bridgehead atoms. The second kappa shape index (κ2) is 9.96. The highest BCUT2D eigenvalue weighted by Crippen LogP contribution is 2.50. The summed E-state index contributed by atoms with van der Waals surface area (Å²) in [6, 6.07) is 20.6. The summed E-state index contributed by atoms with van der Waals surface area (Å²) in [5.41, 5.74) is 4.18. The largest absolute Gasteiger partial charge is 0.493 e. The number of nitrogens with zero attached hydrogens (tertiary/aromatic N) is 2. The number of carbonyl (C=O) groups is 1. The molecule has 0 saturated carbocycles. The van der Waals surface area contributed by atoms with E-state index < -0.39 is 12.2 Å². The number of hydrazone groups is 1. The van der Waals surface area contributed by atoms with Crippen molar-refractivity contribution in [1.82, 2.24) is 5.01 Å². The lowest BCUT2D eigenvalue weighted by Crippen LogP contribution is -2.33. The fraction of sp³-hybridized carbons (Fsp3) is 0.172. The topological polar surface area (TPSA) is 73.5 Å². The van der Waals surface area contributed by atoms with Gasteiger partial charge in [0.05, 0.1) is 29.5 Å². The molecule has 1 aromatic heterocycles. The molecule has 192 valence electrons. The third-order valence-corrected chi connectivity index (χ3v) is 7.66. The molecular formula is C29H22Br2N2O5. The number of furan rings is 1. The predicted molar refractivity (Wildman–Crippen MR) is 149 cm³/mol. The first-order chi connectivity index (χ1) is 18.4. The fourth-order valence-electron chi connectivity index (χ4n) is 4.69. The van der Waals surface area contributed by atoms with Crippen molar-refractivity contribution in [2.75, 3.05) is 7.11 Å². The van der Waals surface area contributed by atoms with Crippen molar-refractivity contribution in [3.63, 3.8) is 0 Å². The number of ether oxygens (including phenoxy) is 3. The molecule has 0 unspecified atom stereocenters. The van der Waals surface area contributed by atoms with Crippen molar-refractivity contribution < 1.29 is 23.4 Å². The smallest absolute Gasteiger partial charge is 0.343 e. The van der Waals surface area contributed by atoms with Crippen molar-refractivity contribution in [2.45, 2.75) is 25.6 Å². The maximum atomic E-state index is 12.8. The Kier molecular flexibility index (Phi) is 6.49. The van der Waals surface area contributed by atoms with Gasteiger partial charge >= 0.3 is 5.97 Å². The molecule has 0 fully saturated rings. The minimum atomic E-state index is -0.548. The van der Waals surface area contributed by atoms with Crippen LogP contribution in [0.2, 0.25) is 0 Å². The number of hydrogen-bond acceptors (Lipinski definition) is 7. The zero-order valence-electron chi connectivity index (χ0n) is 20.5. The van der Waals surface area contributed by atoms with E-state index in [1.165, 1.54) is 7.11 Å². The summed E-state index contributed by atoms with van der Waals surface area (Å²) in [5, 5.41) is 6.87. The first kappa shape index (κ1) is 24.8. The van der Waals surface area contributed by atoms with Crippen molar-refractivity contribution in [2.24, 2.45) is 5.10 Å². The molecule has 2 atom stereocenters. The first-order valence-corrected chi connectivity index (χ1v) is 13.5. The number of halogens is 2. The summed E-state index contributed by atoms with van der Waals surface area (Å²) in [6.07, 6.45) is 1.77. The van der Waals surface area contributed by atoms with E-state index in [1.807, 2.05) is 60.5 Å². The van der Waals surface area contributed by atoms with Crippen LogP contribution in [0.4, 0.5) is 0 Å². The van der Waals surface area contributed by atoms with E-state index in [2.05, 4.69) is 37.9 Å². The van der Waals surface area contributed by atoms with Gasteiger partial charge in [-0.25, -0.2) is 9.80 Å². The molecule has 0 saturated heterocycles. The van der Waals surface area contributed by atoms with Gasteiger partial charge in [0.2, 0.25) is 6.23 Å². The Hall–Kier alpha value is -3.56. The molecule has 0 amide bonds. The normalized spacial score (nSPS) is 17.8. The third kappa shape index (κ3) is 4.50. The summed E-state index contributed by atoms with van der Waals surface area (Å²) in [5.74, 6) is 1.72. The number of carbonyl (C=O) groups excluding carboxylic acids is 1. The second-order valence-electron chi connectivity index (χ2n) is 9.07. The zero-order chi connectivity index (χ0) is 26.4. The fourth-order valence-corrected chi connectivity index (χ4v) is 5.61. The maximum absolute atomic E-state index is 12.8. The van der Waals surface area contributed by atoms with Crippen LogP contribution in [0.1, 0.15) is 51.5 Å². The Morgan fingerprint density at radius 2 is 1.89 bits per heavy atom. The van der Waals surface area contributed by atoms with Crippen LogP contribution < -0.4 is 14.2 Å². The van der Waals surface area contributed by atoms with Gasteiger partial charge in [0, 0.05) is 22.0 Å². The summed E-state index contributed by atoms with van der Waals surface area (Å²) in [4.78, 5) is 12.8. The van der Waals surface area contributed by atoms with E-state index in [4.69, 9.17) is 23.7 Å².